The van der Waals surface area contributed by atoms with Crippen molar-refractivity contribution in [3.8, 4) is 17.2 Å². The van der Waals surface area contributed by atoms with E-state index in [1.54, 1.807) is 21.3 Å². The predicted octanol–water partition coefficient (Wildman–Crippen LogP) is 2.72. The normalized spacial score (nSPS) is 18.3. The third-order valence-electron chi connectivity index (χ3n) is 5.86. The maximum absolute atomic E-state index is 13.5. The van der Waals surface area contributed by atoms with Gasteiger partial charge in [-0.25, -0.2) is 13.8 Å². The van der Waals surface area contributed by atoms with Crippen LogP contribution >= 0.6 is 0 Å². The predicted molar refractivity (Wildman–Crippen MR) is 116 cm³/mol. The molecule has 0 radical (unpaired) electrons. The van der Waals surface area contributed by atoms with Gasteiger partial charge >= 0.3 is 5.69 Å². The van der Waals surface area contributed by atoms with E-state index < -0.39 is 0 Å². The van der Waals surface area contributed by atoms with Crippen LogP contribution in [0.2, 0.25) is 0 Å². The zero-order chi connectivity index (χ0) is 21.4. The van der Waals surface area contributed by atoms with Crippen LogP contribution in [0.1, 0.15) is 18.5 Å². The van der Waals surface area contributed by atoms with Crippen molar-refractivity contribution in [1.82, 2.24) is 14.5 Å². The smallest absolute Gasteiger partial charge is 0.334 e. The summed E-state index contributed by atoms with van der Waals surface area (Å²) < 4.78 is 28.6. The number of hydrogen-bond acceptors (Lipinski definition) is 5. The molecule has 1 unspecified atom stereocenters. The Kier molecular flexibility index (Phi) is 5.15. The van der Waals surface area contributed by atoms with E-state index in [-0.39, 0.29) is 17.5 Å². The fraction of sp³-hybridized carbons (Fsp3) is 0.348. The number of benzene rings is 2. The third-order valence-corrected chi connectivity index (χ3v) is 5.86. The summed E-state index contributed by atoms with van der Waals surface area (Å²) in [5, 5.41) is 3.46. The fourth-order valence-electron chi connectivity index (χ4n) is 4.36. The lowest BCUT2D eigenvalue weighted by atomic mass is 10.0. The van der Waals surface area contributed by atoms with Crippen molar-refractivity contribution < 1.29 is 13.9 Å². The van der Waals surface area contributed by atoms with Crippen LogP contribution < -0.4 is 25.4 Å². The number of anilines is 1. The number of ether oxygens (including phenoxy) is 2. The highest BCUT2D eigenvalue weighted by atomic mass is 19.1. The molecular formula is C23H25FN4O3. The minimum atomic E-state index is -0.332. The lowest BCUT2D eigenvalue weighted by Gasteiger charge is -2.39. The molecule has 2 aromatic carbocycles. The number of nitrogens with zero attached hydrogens (tertiary/aromatic N) is 3. The topological polar surface area (TPSA) is 60.7 Å². The van der Waals surface area contributed by atoms with Crippen LogP contribution in [0.4, 0.5) is 10.2 Å². The molecule has 0 aliphatic carbocycles. The molecule has 3 heterocycles. The highest BCUT2D eigenvalue weighted by Crippen LogP contribution is 2.40. The molecule has 0 saturated carbocycles. The molecule has 3 aromatic rings. The first-order valence-corrected chi connectivity index (χ1v) is 10.6. The minimum absolute atomic E-state index is 0.0517. The average molecular weight is 424 g/mol. The quantitative estimate of drug-likeness (QED) is 0.698. The number of imidazole rings is 1. The number of fused-ring (bicyclic) bond motifs is 1. The summed E-state index contributed by atoms with van der Waals surface area (Å²) in [6, 6.07) is 11.9. The molecule has 7 nitrogen and oxygen atoms in total. The van der Waals surface area contributed by atoms with Crippen molar-refractivity contribution in [2.45, 2.75) is 19.5 Å². The van der Waals surface area contributed by atoms with Crippen LogP contribution in [0, 0.1) is 5.82 Å². The monoisotopic (exact) mass is 424 g/mol. The van der Waals surface area contributed by atoms with Crippen molar-refractivity contribution in [2.75, 3.05) is 37.7 Å². The second kappa shape index (κ2) is 8.11. The third kappa shape index (κ3) is 3.46. The van der Waals surface area contributed by atoms with Gasteiger partial charge in [-0.1, -0.05) is 12.1 Å². The molecule has 0 spiro atoms. The Balaban J connectivity index is 1.64. The largest absolute Gasteiger partial charge is 0.486 e. The minimum Gasteiger partial charge on any atom is -0.486 e. The summed E-state index contributed by atoms with van der Waals surface area (Å²) in [5.41, 5.74) is 1.52. The highest BCUT2D eigenvalue weighted by molar-refractivity contribution is 5.55. The molecule has 8 heteroatoms. The first kappa shape index (κ1) is 19.7. The number of nitrogens with one attached hydrogen (secondary N) is 1. The lowest BCUT2D eigenvalue weighted by molar-refractivity contribution is 0.168. The van der Waals surface area contributed by atoms with Crippen LogP contribution in [0.15, 0.2) is 53.5 Å². The molecule has 2 aliphatic heterocycles. The summed E-state index contributed by atoms with van der Waals surface area (Å²) in [7, 11) is 0. The van der Waals surface area contributed by atoms with Gasteiger partial charge in [0.05, 0.1) is 11.7 Å². The Bertz CT molecular complexity index is 1140. The Hall–Kier alpha value is -3.26. The Labute approximate surface area is 179 Å². The summed E-state index contributed by atoms with van der Waals surface area (Å²) in [6.45, 7) is 5.74. The second-order valence-electron chi connectivity index (χ2n) is 7.65. The number of rotatable bonds is 4. The molecule has 5 rings (SSSR count). The van der Waals surface area contributed by atoms with Crippen molar-refractivity contribution in [3.05, 3.63) is 70.5 Å². The number of para-hydroxylation sites is 1. The maximum atomic E-state index is 13.5. The molecule has 0 bridgehead atoms. The van der Waals surface area contributed by atoms with E-state index in [1.807, 2.05) is 25.3 Å². The maximum Gasteiger partial charge on any atom is 0.334 e. The molecule has 1 saturated heterocycles. The van der Waals surface area contributed by atoms with Crippen LogP contribution in [0.25, 0.3) is 5.69 Å². The SMILES string of the molecule is CCn1cc(N2CCNCC2c2cccc3c2OCCO3)n(-c2ccc(F)cc2)c1=O. The number of hydrogen-bond donors (Lipinski definition) is 1. The van der Waals surface area contributed by atoms with Gasteiger partial charge < -0.3 is 19.7 Å². The number of piperazine rings is 1. The van der Waals surface area contributed by atoms with Gasteiger partial charge in [0.2, 0.25) is 0 Å². The van der Waals surface area contributed by atoms with E-state index in [4.69, 9.17) is 9.47 Å². The van der Waals surface area contributed by atoms with Crippen LogP contribution in [0.5, 0.6) is 11.5 Å². The van der Waals surface area contributed by atoms with E-state index in [0.717, 1.165) is 29.4 Å². The molecule has 162 valence electrons. The summed E-state index contributed by atoms with van der Waals surface area (Å²) >= 11 is 0. The van der Waals surface area contributed by atoms with E-state index >= 15 is 0 Å². The first-order valence-electron chi connectivity index (χ1n) is 10.6. The van der Waals surface area contributed by atoms with Gasteiger partial charge in [0.25, 0.3) is 0 Å². The zero-order valence-corrected chi connectivity index (χ0v) is 17.4. The summed E-state index contributed by atoms with van der Waals surface area (Å²) in [6.07, 6.45) is 1.89. The molecular weight excluding hydrogens is 399 g/mol. The van der Waals surface area contributed by atoms with Crippen molar-refractivity contribution >= 4 is 5.82 Å². The van der Waals surface area contributed by atoms with Crippen molar-refractivity contribution in [1.29, 1.82) is 0 Å². The van der Waals surface area contributed by atoms with E-state index in [1.165, 1.54) is 12.1 Å². The number of halogens is 1. The standard InChI is InChI=1S/C23H25FN4O3/c1-2-26-15-21(28(23(26)29)17-8-6-16(24)7-9-17)27-11-10-25-14-19(27)18-4-3-5-20-22(18)31-13-12-30-20/h3-9,15,19,25H,2,10-14H2,1H3. The van der Waals surface area contributed by atoms with Crippen molar-refractivity contribution in [3.63, 3.8) is 0 Å². The molecule has 1 atom stereocenters. The van der Waals surface area contributed by atoms with Gasteiger partial charge in [-0.15, -0.1) is 0 Å². The van der Waals surface area contributed by atoms with Gasteiger partial charge in [0, 0.05) is 37.9 Å². The molecule has 31 heavy (non-hydrogen) atoms. The number of aryl methyl sites for hydroxylation is 1. The molecule has 0 amide bonds. The van der Waals surface area contributed by atoms with E-state index in [0.29, 0.717) is 38.5 Å². The average Bonchev–Trinajstić information content (AvgIpc) is 3.15. The van der Waals surface area contributed by atoms with Crippen LogP contribution in [0.3, 0.4) is 0 Å². The first-order chi connectivity index (χ1) is 15.2. The van der Waals surface area contributed by atoms with E-state index in [2.05, 4.69) is 16.3 Å². The van der Waals surface area contributed by atoms with Gasteiger partial charge in [0.15, 0.2) is 11.5 Å². The summed E-state index contributed by atoms with van der Waals surface area (Å²) in [5.74, 6) is 1.95. The van der Waals surface area contributed by atoms with Gasteiger partial charge in [0.1, 0.15) is 24.8 Å². The molecule has 1 aromatic heterocycles. The second-order valence-corrected chi connectivity index (χ2v) is 7.65. The molecule has 2 aliphatic rings. The molecule has 1 N–H and O–H groups in total. The van der Waals surface area contributed by atoms with Crippen LogP contribution in [-0.2, 0) is 6.54 Å². The van der Waals surface area contributed by atoms with E-state index in [9.17, 15) is 9.18 Å². The zero-order valence-electron chi connectivity index (χ0n) is 17.4. The number of aromatic nitrogens is 2. The highest BCUT2D eigenvalue weighted by Gasteiger charge is 2.32. The Morgan fingerprint density at radius 2 is 1.94 bits per heavy atom. The van der Waals surface area contributed by atoms with Crippen molar-refractivity contribution in [2.24, 2.45) is 0 Å². The Morgan fingerprint density at radius 3 is 2.74 bits per heavy atom. The lowest BCUT2D eigenvalue weighted by Crippen LogP contribution is -2.47. The molecule has 1 fully saturated rings. The van der Waals surface area contributed by atoms with Gasteiger partial charge in [-0.3, -0.25) is 4.57 Å². The van der Waals surface area contributed by atoms with Gasteiger partial charge in [-0.2, -0.15) is 0 Å². The summed E-state index contributed by atoms with van der Waals surface area (Å²) in [4.78, 5) is 15.4. The van der Waals surface area contributed by atoms with Gasteiger partial charge in [-0.05, 0) is 37.3 Å². The fourth-order valence-corrected chi connectivity index (χ4v) is 4.36. The van der Waals surface area contributed by atoms with Crippen LogP contribution in [-0.4, -0.2) is 42.0 Å². The Morgan fingerprint density at radius 1 is 1.13 bits per heavy atom.